The molecule has 4 aliphatic heterocycles. The van der Waals surface area contributed by atoms with Gasteiger partial charge in [-0.15, -0.1) is 24.0 Å². The number of nitrogens with one attached hydrogen (secondary N) is 2. The third kappa shape index (κ3) is 6.47. The minimum Gasteiger partial charge on any atom is -0.385 e. The number of hydrogen-bond acceptors (Lipinski definition) is 5. The Hall–Kier alpha value is -0.160. The minimum absolute atomic E-state index is 0. The van der Waals surface area contributed by atoms with E-state index in [4.69, 9.17) is 4.74 Å². The summed E-state index contributed by atoms with van der Waals surface area (Å²) >= 11 is 0. The standard InChI is InChI=1S/C18H36N6O.HI/c1-19-18(20-14-17-15-23-9-11-24(17)12-10-23)21-16-4-7-22(8-5-16)6-3-13-25-2;/h16-17H,3-15H2,1-2H3,(H2,19,20,21);1H. The molecule has 0 radical (unpaired) electrons. The number of hydrogen-bond donors (Lipinski definition) is 2. The fourth-order valence-electron chi connectivity index (χ4n) is 4.25. The minimum atomic E-state index is 0. The van der Waals surface area contributed by atoms with Crippen LogP contribution in [0.3, 0.4) is 0 Å². The number of halogens is 1. The number of likely N-dealkylation sites (tertiary alicyclic amines) is 1. The fourth-order valence-corrected chi connectivity index (χ4v) is 4.25. The molecular weight excluding hydrogens is 443 g/mol. The van der Waals surface area contributed by atoms with Crippen molar-refractivity contribution in [2.75, 3.05) is 79.7 Å². The van der Waals surface area contributed by atoms with Gasteiger partial charge in [-0.05, 0) is 19.3 Å². The van der Waals surface area contributed by atoms with E-state index in [0.29, 0.717) is 12.1 Å². The topological polar surface area (TPSA) is 55.4 Å². The van der Waals surface area contributed by atoms with E-state index in [1.807, 2.05) is 7.05 Å². The first-order valence-electron chi connectivity index (χ1n) is 9.93. The molecule has 26 heavy (non-hydrogen) atoms. The number of methoxy groups -OCH3 is 1. The second-order valence-electron chi connectivity index (χ2n) is 7.55. The van der Waals surface area contributed by atoms with Crippen LogP contribution in [0.5, 0.6) is 0 Å². The number of nitrogens with zero attached hydrogens (tertiary/aromatic N) is 4. The largest absolute Gasteiger partial charge is 0.385 e. The number of fused-ring (bicyclic) bond motifs is 3. The Morgan fingerprint density at radius 2 is 1.85 bits per heavy atom. The molecule has 0 aromatic carbocycles. The molecule has 4 fully saturated rings. The van der Waals surface area contributed by atoms with E-state index in [0.717, 1.165) is 32.1 Å². The SMILES string of the molecule is CN=C(NCC1CN2CCN1CC2)NC1CCN(CCCOC)CC1.I. The molecule has 0 aromatic rings. The molecule has 4 saturated heterocycles. The van der Waals surface area contributed by atoms with Crippen molar-refractivity contribution in [2.24, 2.45) is 4.99 Å². The monoisotopic (exact) mass is 480 g/mol. The quantitative estimate of drug-likeness (QED) is 0.236. The van der Waals surface area contributed by atoms with Gasteiger partial charge in [-0.2, -0.15) is 0 Å². The van der Waals surface area contributed by atoms with Crippen molar-refractivity contribution in [3.8, 4) is 0 Å². The smallest absolute Gasteiger partial charge is 0.191 e. The van der Waals surface area contributed by atoms with Crippen LogP contribution in [0.4, 0.5) is 0 Å². The molecule has 4 rings (SSSR count). The lowest BCUT2D eigenvalue weighted by atomic mass is 10.0. The second-order valence-corrected chi connectivity index (χ2v) is 7.55. The number of ether oxygens (including phenoxy) is 1. The normalized spacial score (nSPS) is 30.1. The van der Waals surface area contributed by atoms with Crippen molar-refractivity contribution in [3.05, 3.63) is 0 Å². The average molecular weight is 480 g/mol. The average Bonchev–Trinajstić information content (AvgIpc) is 2.67. The second kappa shape index (κ2) is 11.6. The zero-order valence-corrected chi connectivity index (χ0v) is 18.8. The summed E-state index contributed by atoms with van der Waals surface area (Å²) in [6, 6.07) is 1.17. The number of piperidine rings is 1. The Balaban J connectivity index is 0.00000243. The summed E-state index contributed by atoms with van der Waals surface area (Å²) in [5.74, 6) is 0.968. The predicted octanol–water partition coefficient (Wildman–Crippen LogP) is 0.270. The van der Waals surface area contributed by atoms with Crippen LogP contribution in [0, 0.1) is 0 Å². The van der Waals surface area contributed by atoms with Gasteiger partial charge >= 0.3 is 0 Å². The Bertz CT molecular complexity index is 422. The highest BCUT2D eigenvalue weighted by Gasteiger charge is 2.31. The molecule has 4 aliphatic rings. The van der Waals surface area contributed by atoms with E-state index in [9.17, 15) is 0 Å². The summed E-state index contributed by atoms with van der Waals surface area (Å²) in [6.07, 6.45) is 3.51. The molecule has 2 bridgehead atoms. The Kier molecular flexibility index (Phi) is 9.90. The van der Waals surface area contributed by atoms with Crippen molar-refractivity contribution >= 4 is 29.9 Å². The van der Waals surface area contributed by atoms with Gasteiger partial charge < -0.3 is 20.3 Å². The van der Waals surface area contributed by atoms with Crippen LogP contribution < -0.4 is 10.6 Å². The van der Waals surface area contributed by atoms with Crippen LogP contribution in [0.25, 0.3) is 0 Å². The first-order valence-corrected chi connectivity index (χ1v) is 9.93. The molecule has 0 aliphatic carbocycles. The molecule has 0 spiro atoms. The third-order valence-corrected chi connectivity index (χ3v) is 5.87. The van der Waals surface area contributed by atoms with Gasteiger partial charge in [0.1, 0.15) is 0 Å². The molecule has 152 valence electrons. The van der Waals surface area contributed by atoms with Gasteiger partial charge in [0.2, 0.25) is 0 Å². The zero-order chi connectivity index (χ0) is 17.5. The van der Waals surface area contributed by atoms with Crippen molar-refractivity contribution in [1.29, 1.82) is 0 Å². The highest BCUT2D eigenvalue weighted by atomic mass is 127. The van der Waals surface area contributed by atoms with Gasteiger partial charge in [0.15, 0.2) is 5.96 Å². The number of piperazine rings is 3. The van der Waals surface area contributed by atoms with Crippen LogP contribution in [0.15, 0.2) is 4.99 Å². The fraction of sp³-hybridized carbons (Fsp3) is 0.944. The first kappa shape index (κ1) is 22.1. The van der Waals surface area contributed by atoms with E-state index < -0.39 is 0 Å². The van der Waals surface area contributed by atoms with E-state index in [1.54, 1.807) is 7.11 Å². The highest BCUT2D eigenvalue weighted by Crippen LogP contribution is 2.15. The lowest BCUT2D eigenvalue weighted by Gasteiger charge is -2.47. The van der Waals surface area contributed by atoms with Gasteiger partial charge in [0.05, 0.1) is 0 Å². The van der Waals surface area contributed by atoms with Crippen molar-refractivity contribution < 1.29 is 4.74 Å². The van der Waals surface area contributed by atoms with Gasteiger partial charge in [-0.3, -0.25) is 14.8 Å². The Labute approximate surface area is 175 Å². The van der Waals surface area contributed by atoms with Crippen LogP contribution in [-0.2, 0) is 4.74 Å². The molecule has 1 atom stereocenters. The Morgan fingerprint density at radius 3 is 2.42 bits per heavy atom. The summed E-state index contributed by atoms with van der Waals surface area (Å²) in [4.78, 5) is 12.2. The lowest BCUT2D eigenvalue weighted by molar-refractivity contribution is 0.0154. The number of rotatable bonds is 7. The van der Waals surface area contributed by atoms with E-state index in [1.165, 1.54) is 58.7 Å². The van der Waals surface area contributed by atoms with Crippen LogP contribution in [0.1, 0.15) is 19.3 Å². The van der Waals surface area contributed by atoms with Gasteiger partial charge in [0.25, 0.3) is 0 Å². The molecule has 8 heteroatoms. The maximum atomic E-state index is 5.15. The molecule has 1 unspecified atom stereocenters. The van der Waals surface area contributed by atoms with E-state index >= 15 is 0 Å². The molecule has 2 N–H and O–H groups in total. The van der Waals surface area contributed by atoms with Crippen LogP contribution in [0.2, 0.25) is 0 Å². The van der Waals surface area contributed by atoms with Crippen molar-refractivity contribution in [3.63, 3.8) is 0 Å². The summed E-state index contributed by atoms with van der Waals surface area (Å²) in [5.41, 5.74) is 0. The summed E-state index contributed by atoms with van der Waals surface area (Å²) in [7, 11) is 3.66. The molecule has 7 nitrogen and oxygen atoms in total. The van der Waals surface area contributed by atoms with Gasteiger partial charge in [-0.1, -0.05) is 0 Å². The first-order chi connectivity index (χ1) is 12.3. The molecular formula is C18H37IN6O. The van der Waals surface area contributed by atoms with Crippen LogP contribution >= 0.6 is 24.0 Å². The lowest BCUT2D eigenvalue weighted by Crippen LogP contribution is -2.64. The van der Waals surface area contributed by atoms with Crippen LogP contribution in [-0.4, -0.2) is 112 Å². The van der Waals surface area contributed by atoms with E-state index in [-0.39, 0.29) is 24.0 Å². The van der Waals surface area contributed by atoms with Gasteiger partial charge in [-0.25, -0.2) is 0 Å². The maximum Gasteiger partial charge on any atom is 0.191 e. The number of guanidine groups is 1. The zero-order valence-electron chi connectivity index (χ0n) is 16.5. The third-order valence-electron chi connectivity index (χ3n) is 5.87. The summed E-state index contributed by atoms with van der Waals surface area (Å²) in [6.45, 7) is 11.5. The summed E-state index contributed by atoms with van der Waals surface area (Å²) < 4.78 is 5.15. The predicted molar refractivity (Wildman–Crippen MR) is 118 cm³/mol. The maximum absolute atomic E-state index is 5.15. The number of aliphatic imine (C=N–C) groups is 1. The van der Waals surface area contributed by atoms with Crippen molar-refractivity contribution in [2.45, 2.75) is 31.3 Å². The summed E-state index contributed by atoms with van der Waals surface area (Å²) in [5, 5.41) is 7.20. The van der Waals surface area contributed by atoms with Crippen molar-refractivity contribution in [1.82, 2.24) is 25.3 Å². The van der Waals surface area contributed by atoms with Gasteiger partial charge in [0, 0.05) is 91.8 Å². The molecule has 4 heterocycles. The highest BCUT2D eigenvalue weighted by molar-refractivity contribution is 14.0. The molecule has 0 amide bonds. The molecule has 0 aromatic heterocycles. The van der Waals surface area contributed by atoms with E-state index in [2.05, 4.69) is 30.3 Å². The molecule has 0 saturated carbocycles. The Morgan fingerprint density at radius 1 is 1.12 bits per heavy atom.